The number of hydrogen-bond acceptors (Lipinski definition) is 4. The molecule has 1 saturated heterocycles. The Morgan fingerprint density at radius 1 is 1.12 bits per heavy atom. The summed E-state index contributed by atoms with van der Waals surface area (Å²) in [5.41, 5.74) is 4.20. The molecule has 0 radical (unpaired) electrons. The van der Waals surface area contributed by atoms with Crippen LogP contribution < -0.4 is 5.32 Å². The summed E-state index contributed by atoms with van der Waals surface area (Å²) in [6.07, 6.45) is -1.16. The average molecular weight is 472 g/mol. The van der Waals surface area contributed by atoms with Crippen molar-refractivity contribution in [1.29, 1.82) is 0 Å². The molecular formula is C25H26F2N2O5. The predicted octanol–water partition coefficient (Wildman–Crippen LogP) is 4.01. The lowest BCUT2D eigenvalue weighted by Crippen LogP contribution is -2.52. The molecule has 2 amide bonds. The molecule has 34 heavy (non-hydrogen) atoms. The first-order chi connectivity index (χ1) is 16.2. The van der Waals surface area contributed by atoms with E-state index in [1.807, 2.05) is 48.5 Å². The van der Waals surface area contributed by atoms with Gasteiger partial charge >= 0.3 is 12.1 Å². The number of ether oxygens (including phenoxy) is 1. The number of carboxylic acid groups (broad SMARTS) is 1. The first kappa shape index (κ1) is 23.7. The molecule has 4 rings (SSSR count). The van der Waals surface area contributed by atoms with Gasteiger partial charge in [-0.25, -0.2) is 18.4 Å². The summed E-state index contributed by atoms with van der Waals surface area (Å²) in [6.45, 7) is 0.814. The zero-order valence-electron chi connectivity index (χ0n) is 18.7. The van der Waals surface area contributed by atoms with Gasteiger partial charge in [-0.05, 0) is 28.7 Å². The monoisotopic (exact) mass is 472 g/mol. The highest BCUT2D eigenvalue weighted by molar-refractivity contribution is 5.90. The zero-order valence-corrected chi connectivity index (χ0v) is 18.7. The van der Waals surface area contributed by atoms with Gasteiger partial charge in [0.2, 0.25) is 5.91 Å². The van der Waals surface area contributed by atoms with E-state index in [0.717, 1.165) is 22.3 Å². The van der Waals surface area contributed by atoms with Gasteiger partial charge in [0.05, 0.1) is 6.54 Å². The Morgan fingerprint density at radius 2 is 1.71 bits per heavy atom. The van der Waals surface area contributed by atoms with E-state index in [2.05, 4.69) is 5.32 Å². The third-order valence-corrected chi connectivity index (χ3v) is 6.35. The molecule has 1 aliphatic heterocycles. The molecule has 2 atom stereocenters. The molecular weight excluding hydrogens is 446 g/mol. The van der Waals surface area contributed by atoms with Crippen LogP contribution >= 0.6 is 0 Å². The first-order valence-electron chi connectivity index (χ1n) is 11.2. The minimum atomic E-state index is -3.29. The van der Waals surface area contributed by atoms with Crippen molar-refractivity contribution < 1.29 is 33.0 Å². The normalized spacial score (nSPS) is 19.3. The minimum absolute atomic E-state index is 0.0342. The van der Waals surface area contributed by atoms with E-state index in [4.69, 9.17) is 4.74 Å². The number of likely N-dealkylation sites (tertiary alicyclic amines) is 1. The van der Waals surface area contributed by atoms with E-state index in [9.17, 15) is 28.3 Å². The number of rotatable bonds is 7. The summed E-state index contributed by atoms with van der Waals surface area (Å²) in [5.74, 6) is -5.81. The molecule has 1 heterocycles. The van der Waals surface area contributed by atoms with Gasteiger partial charge in [0, 0.05) is 12.3 Å². The molecule has 7 nitrogen and oxygen atoms in total. The number of alkyl halides is 2. The van der Waals surface area contributed by atoms with Crippen LogP contribution in [-0.4, -0.2) is 59.1 Å². The highest BCUT2D eigenvalue weighted by Crippen LogP contribution is 2.44. The zero-order chi connectivity index (χ0) is 24.5. The molecule has 2 aliphatic rings. The summed E-state index contributed by atoms with van der Waals surface area (Å²) in [6, 6.07) is 12.9. The number of aliphatic carboxylic acids is 1. The number of amides is 2. The van der Waals surface area contributed by atoms with Crippen LogP contribution in [0.15, 0.2) is 48.5 Å². The Balaban J connectivity index is 1.44. The fraction of sp³-hybridized carbons (Fsp3) is 0.400. The highest BCUT2D eigenvalue weighted by atomic mass is 19.3. The number of alkyl carbamates (subject to hydrolysis) is 1. The summed E-state index contributed by atoms with van der Waals surface area (Å²) < 4.78 is 33.1. The van der Waals surface area contributed by atoms with Crippen molar-refractivity contribution in [2.24, 2.45) is 0 Å². The molecule has 2 aromatic rings. The van der Waals surface area contributed by atoms with Crippen molar-refractivity contribution in [3.05, 3.63) is 59.7 Å². The molecule has 0 aromatic heterocycles. The molecule has 2 aromatic carbocycles. The van der Waals surface area contributed by atoms with Crippen molar-refractivity contribution in [2.75, 3.05) is 13.2 Å². The first-order valence-corrected chi connectivity index (χ1v) is 11.2. The second-order valence-corrected chi connectivity index (χ2v) is 8.69. The maximum absolute atomic E-state index is 13.8. The van der Waals surface area contributed by atoms with E-state index in [0.29, 0.717) is 11.3 Å². The van der Waals surface area contributed by atoms with E-state index in [-0.39, 0.29) is 18.9 Å². The van der Waals surface area contributed by atoms with E-state index >= 15 is 0 Å². The second-order valence-electron chi connectivity index (χ2n) is 8.69. The van der Waals surface area contributed by atoms with Crippen LogP contribution in [0.3, 0.4) is 0 Å². The number of carbonyl (C=O) groups is 3. The van der Waals surface area contributed by atoms with Crippen molar-refractivity contribution in [3.8, 4) is 11.1 Å². The van der Waals surface area contributed by atoms with Gasteiger partial charge in [0.25, 0.3) is 5.92 Å². The fourth-order valence-electron chi connectivity index (χ4n) is 4.80. The standard InChI is InChI=1S/C25H26F2N2O5/c1-2-7-20(22(30)29-14-25(26,27)12-21(29)23(31)32)28-24(33)34-13-19-17-10-5-3-8-15(17)16-9-4-6-11-18(16)19/h3-6,8-11,19-21H,2,7,12-14H2,1H3,(H,28,33)(H,31,32)/t20-,21?/m0/s1. The maximum atomic E-state index is 13.8. The van der Waals surface area contributed by atoms with E-state index in [1.54, 1.807) is 6.92 Å². The molecule has 2 N–H and O–H groups in total. The lowest BCUT2D eigenvalue weighted by Gasteiger charge is -2.26. The van der Waals surface area contributed by atoms with Crippen LogP contribution in [0.25, 0.3) is 11.1 Å². The quantitative estimate of drug-likeness (QED) is 0.635. The Morgan fingerprint density at radius 3 is 2.26 bits per heavy atom. The van der Waals surface area contributed by atoms with E-state index < -0.39 is 48.9 Å². The van der Waals surface area contributed by atoms with Crippen molar-refractivity contribution in [3.63, 3.8) is 0 Å². The van der Waals surface area contributed by atoms with Crippen molar-refractivity contribution >= 4 is 18.0 Å². The number of benzene rings is 2. The number of nitrogens with zero attached hydrogens (tertiary/aromatic N) is 1. The van der Waals surface area contributed by atoms with Crippen LogP contribution in [0.2, 0.25) is 0 Å². The number of hydrogen-bond donors (Lipinski definition) is 2. The van der Waals surface area contributed by atoms with Gasteiger partial charge in [0.1, 0.15) is 18.7 Å². The van der Waals surface area contributed by atoms with Gasteiger partial charge in [0.15, 0.2) is 0 Å². The lowest BCUT2D eigenvalue weighted by atomic mass is 9.98. The maximum Gasteiger partial charge on any atom is 0.407 e. The molecule has 0 saturated carbocycles. The minimum Gasteiger partial charge on any atom is -0.480 e. The molecule has 1 unspecified atom stereocenters. The SMILES string of the molecule is CCC[C@H](NC(=O)OCC1c2ccccc2-c2ccccc21)C(=O)N1CC(F)(F)CC1C(=O)O. The lowest BCUT2D eigenvalue weighted by molar-refractivity contribution is -0.149. The van der Waals surface area contributed by atoms with Crippen molar-refractivity contribution in [2.45, 2.75) is 50.1 Å². The number of halogens is 2. The highest BCUT2D eigenvalue weighted by Gasteiger charge is 2.51. The van der Waals surface area contributed by atoms with Gasteiger partial charge in [-0.1, -0.05) is 61.9 Å². The number of fused-ring (bicyclic) bond motifs is 3. The molecule has 180 valence electrons. The molecule has 9 heteroatoms. The second kappa shape index (κ2) is 9.40. The summed E-state index contributed by atoms with van der Waals surface area (Å²) >= 11 is 0. The Hall–Kier alpha value is -3.49. The topological polar surface area (TPSA) is 95.9 Å². The fourth-order valence-corrected chi connectivity index (χ4v) is 4.80. The smallest absolute Gasteiger partial charge is 0.407 e. The Bertz CT molecular complexity index is 1060. The van der Waals surface area contributed by atoms with Crippen LogP contribution in [0.1, 0.15) is 43.2 Å². The summed E-state index contributed by atoms with van der Waals surface area (Å²) in [4.78, 5) is 37.6. The number of carboxylic acids is 1. The number of nitrogens with one attached hydrogen (secondary N) is 1. The van der Waals surface area contributed by atoms with Crippen LogP contribution in [0.5, 0.6) is 0 Å². The molecule has 1 aliphatic carbocycles. The Labute approximate surface area is 195 Å². The van der Waals surface area contributed by atoms with Crippen LogP contribution in [0, 0.1) is 0 Å². The van der Waals surface area contributed by atoms with Gasteiger partial charge in [-0.15, -0.1) is 0 Å². The van der Waals surface area contributed by atoms with Crippen LogP contribution in [-0.2, 0) is 14.3 Å². The van der Waals surface area contributed by atoms with Crippen LogP contribution in [0.4, 0.5) is 13.6 Å². The number of carbonyl (C=O) groups excluding carboxylic acids is 2. The summed E-state index contributed by atoms with van der Waals surface area (Å²) in [7, 11) is 0. The molecule has 0 bridgehead atoms. The largest absolute Gasteiger partial charge is 0.480 e. The van der Waals surface area contributed by atoms with E-state index in [1.165, 1.54) is 0 Å². The van der Waals surface area contributed by atoms with Crippen molar-refractivity contribution in [1.82, 2.24) is 10.2 Å². The van der Waals surface area contributed by atoms with Gasteiger partial charge in [-0.3, -0.25) is 4.79 Å². The van der Waals surface area contributed by atoms with Gasteiger partial charge < -0.3 is 20.1 Å². The Kier molecular flexibility index (Phi) is 6.54. The molecule has 0 spiro atoms. The van der Waals surface area contributed by atoms with Gasteiger partial charge in [-0.2, -0.15) is 0 Å². The third kappa shape index (κ3) is 4.60. The predicted molar refractivity (Wildman–Crippen MR) is 120 cm³/mol. The molecule has 1 fully saturated rings. The third-order valence-electron chi connectivity index (χ3n) is 6.35. The average Bonchev–Trinajstić information content (AvgIpc) is 3.31. The summed E-state index contributed by atoms with van der Waals surface area (Å²) in [5, 5.41) is 11.7.